The number of carbonyl (C=O) groups excluding carboxylic acids is 1. The van der Waals surface area contributed by atoms with E-state index in [9.17, 15) is 13.2 Å². The van der Waals surface area contributed by atoms with E-state index >= 15 is 0 Å². The van der Waals surface area contributed by atoms with Gasteiger partial charge < -0.3 is 5.32 Å². The molecule has 2 N–H and O–H groups in total. The van der Waals surface area contributed by atoms with Crippen molar-refractivity contribution < 1.29 is 13.2 Å². The lowest BCUT2D eigenvalue weighted by atomic mass is 10.1. The Hall–Kier alpha value is -2.34. The maximum atomic E-state index is 12.3. The number of aryl methyl sites for hydroxylation is 1. The molecule has 2 rings (SSSR count). The molecule has 2 aromatic rings. The molecule has 0 aliphatic rings. The monoisotopic (exact) mass is 346 g/mol. The van der Waals surface area contributed by atoms with Crippen LogP contribution >= 0.6 is 0 Å². The number of amides is 1. The minimum absolute atomic E-state index is 0.0946. The van der Waals surface area contributed by atoms with Gasteiger partial charge in [0, 0.05) is 17.3 Å². The van der Waals surface area contributed by atoms with Crippen LogP contribution in [0.4, 0.5) is 5.69 Å². The van der Waals surface area contributed by atoms with Gasteiger partial charge in [-0.15, -0.1) is 0 Å². The molecule has 1 amide bonds. The Bertz CT molecular complexity index is 797. The van der Waals surface area contributed by atoms with Crippen LogP contribution in [0, 0.1) is 6.92 Å². The normalized spacial score (nSPS) is 12.5. The van der Waals surface area contributed by atoms with Gasteiger partial charge in [0.2, 0.25) is 0 Å². The van der Waals surface area contributed by atoms with E-state index in [1.54, 1.807) is 48.5 Å². The lowest BCUT2D eigenvalue weighted by molar-refractivity contribution is 0.0939. The Morgan fingerprint density at radius 1 is 1.04 bits per heavy atom. The fraction of sp³-hybridized carbons (Fsp3) is 0.278. The molecular formula is C18H22N2O3S. The minimum atomic E-state index is -3.64. The predicted octanol–water partition coefficient (Wildman–Crippen LogP) is 3.32. The molecule has 2 aromatic carbocycles. The topological polar surface area (TPSA) is 75.3 Å². The highest BCUT2D eigenvalue weighted by atomic mass is 32.2. The van der Waals surface area contributed by atoms with Gasteiger partial charge in [0.05, 0.1) is 4.90 Å². The number of hydrogen-bond donors (Lipinski definition) is 2. The van der Waals surface area contributed by atoms with Gasteiger partial charge in [0.1, 0.15) is 0 Å². The summed E-state index contributed by atoms with van der Waals surface area (Å²) in [6.45, 7) is 5.82. The molecule has 0 fully saturated rings. The van der Waals surface area contributed by atoms with E-state index in [1.807, 2.05) is 20.8 Å². The lowest BCUT2D eigenvalue weighted by Crippen LogP contribution is -2.31. The van der Waals surface area contributed by atoms with Crippen molar-refractivity contribution in [2.45, 2.75) is 38.1 Å². The third kappa shape index (κ3) is 4.58. The largest absolute Gasteiger partial charge is 0.350 e. The Morgan fingerprint density at radius 2 is 1.62 bits per heavy atom. The first kappa shape index (κ1) is 18.0. The molecule has 0 aliphatic carbocycles. The van der Waals surface area contributed by atoms with Gasteiger partial charge in [-0.05, 0) is 56.7 Å². The van der Waals surface area contributed by atoms with Crippen LogP contribution in [-0.2, 0) is 10.0 Å². The van der Waals surface area contributed by atoms with E-state index in [0.29, 0.717) is 11.3 Å². The molecule has 6 heteroatoms. The first-order chi connectivity index (χ1) is 11.3. The van der Waals surface area contributed by atoms with Crippen LogP contribution in [0.3, 0.4) is 0 Å². The fourth-order valence-corrected chi connectivity index (χ4v) is 3.09. The summed E-state index contributed by atoms with van der Waals surface area (Å²) in [6.07, 6.45) is 0.847. The van der Waals surface area contributed by atoms with Crippen LogP contribution < -0.4 is 10.0 Å². The smallest absolute Gasteiger partial charge is 0.261 e. The maximum absolute atomic E-state index is 12.3. The SMILES string of the molecule is CC[C@H](C)NC(=O)c1ccc(NS(=O)(=O)c2ccc(C)cc2)cc1. The highest BCUT2D eigenvalue weighted by molar-refractivity contribution is 7.92. The van der Waals surface area contributed by atoms with Crippen molar-refractivity contribution in [1.82, 2.24) is 5.32 Å². The molecule has 0 saturated carbocycles. The number of benzene rings is 2. The number of hydrogen-bond acceptors (Lipinski definition) is 3. The van der Waals surface area contributed by atoms with Crippen molar-refractivity contribution >= 4 is 21.6 Å². The van der Waals surface area contributed by atoms with Crippen LogP contribution in [0.15, 0.2) is 53.4 Å². The van der Waals surface area contributed by atoms with E-state index in [2.05, 4.69) is 10.0 Å². The number of carbonyl (C=O) groups is 1. The molecule has 0 saturated heterocycles. The van der Waals surface area contributed by atoms with Gasteiger partial charge in [0.15, 0.2) is 0 Å². The second-order valence-corrected chi connectivity index (χ2v) is 7.46. The molecule has 24 heavy (non-hydrogen) atoms. The number of rotatable bonds is 6. The summed E-state index contributed by atoms with van der Waals surface area (Å²) in [7, 11) is -3.64. The molecular weight excluding hydrogens is 324 g/mol. The summed E-state index contributed by atoms with van der Waals surface area (Å²) in [6, 6.07) is 13.1. The van der Waals surface area contributed by atoms with Crippen molar-refractivity contribution in [2.24, 2.45) is 0 Å². The quantitative estimate of drug-likeness (QED) is 0.842. The average Bonchev–Trinajstić information content (AvgIpc) is 2.55. The molecule has 128 valence electrons. The zero-order valence-corrected chi connectivity index (χ0v) is 14.9. The standard InChI is InChI=1S/C18H22N2O3S/c1-4-14(3)19-18(21)15-7-9-16(10-8-15)20-24(22,23)17-11-5-13(2)6-12-17/h5-12,14,20H,4H2,1-3H3,(H,19,21)/t14-/m0/s1. The number of nitrogens with one attached hydrogen (secondary N) is 2. The lowest BCUT2D eigenvalue weighted by Gasteiger charge is -2.12. The second-order valence-electron chi connectivity index (χ2n) is 5.78. The van der Waals surface area contributed by atoms with Crippen LogP contribution in [0.5, 0.6) is 0 Å². The van der Waals surface area contributed by atoms with Crippen molar-refractivity contribution in [3.05, 3.63) is 59.7 Å². The van der Waals surface area contributed by atoms with Gasteiger partial charge in [-0.2, -0.15) is 0 Å². The average molecular weight is 346 g/mol. The van der Waals surface area contributed by atoms with Crippen LogP contribution in [-0.4, -0.2) is 20.4 Å². The molecule has 1 atom stereocenters. The van der Waals surface area contributed by atoms with E-state index in [0.717, 1.165) is 12.0 Å². The third-order valence-electron chi connectivity index (χ3n) is 3.72. The molecule has 5 nitrogen and oxygen atoms in total. The maximum Gasteiger partial charge on any atom is 0.261 e. The Morgan fingerprint density at radius 3 is 2.17 bits per heavy atom. The summed E-state index contributed by atoms with van der Waals surface area (Å²) >= 11 is 0. The van der Waals surface area contributed by atoms with Gasteiger partial charge in [0.25, 0.3) is 15.9 Å². The van der Waals surface area contributed by atoms with Crippen LogP contribution in [0.2, 0.25) is 0 Å². The summed E-state index contributed by atoms with van der Waals surface area (Å²) in [5.74, 6) is -0.169. The molecule has 0 heterocycles. The van der Waals surface area contributed by atoms with Gasteiger partial charge in [-0.3, -0.25) is 9.52 Å². The Balaban J connectivity index is 2.11. The number of anilines is 1. The second kappa shape index (κ2) is 7.49. The molecule has 0 aliphatic heterocycles. The highest BCUT2D eigenvalue weighted by Gasteiger charge is 2.14. The van der Waals surface area contributed by atoms with Crippen LogP contribution in [0.25, 0.3) is 0 Å². The first-order valence-corrected chi connectivity index (χ1v) is 9.30. The molecule has 0 spiro atoms. The zero-order valence-electron chi connectivity index (χ0n) is 14.0. The molecule has 0 unspecified atom stereocenters. The minimum Gasteiger partial charge on any atom is -0.350 e. The van der Waals surface area contributed by atoms with E-state index in [1.165, 1.54) is 0 Å². The van der Waals surface area contributed by atoms with Gasteiger partial charge in [-0.1, -0.05) is 24.6 Å². The van der Waals surface area contributed by atoms with E-state index in [4.69, 9.17) is 0 Å². The first-order valence-electron chi connectivity index (χ1n) is 7.82. The van der Waals surface area contributed by atoms with Gasteiger partial charge >= 0.3 is 0 Å². The Labute approximate surface area is 143 Å². The van der Waals surface area contributed by atoms with Crippen molar-refractivity contribution in [3.63, 3.8) is 0 Å². The summed E-state index contributed by atoms with van der Waals surface area (Å²) in [4.78, 5) is 12.2. The van der Waals surface area contributed by atoms with Crippen molar-refractivity contribution in [2.75, 3.05) is 4.72 Å². The summed E-state index contributed by atoms with van der Waals surface area (Å²) in [5.41, 5.74) is 1.90. The Kier molecular flexibility index (Phi) is 5.62. The zero-order chi connectivity index (χ0) is 17.7. The predicted molar refractivity (Wildman–Crippen MR) is 95.6 cm³/mol. The molecule has 0 bridgehead atoms. The molecule has 0 aromatic heterocycles. The van der Waals surface area contributed by atoms with Crippen molar-refractivity contribution in [3.8, 4) is 0 Å². The summed E-state index contributed by atoms with van der Waals surface area (Å²) in [5, 5.41) is 2.87. The van der Waals surface area contributed by atoms with Crippen molar-refractivity contribution in [1.29, 1.82) is 0 Å². The van der Waals surface area contributed by atoms with E-state index in [-0.39, 0.29) is 16.8 Å². The van der Waals surface area contributed by atoms with Gasteiger partial charge in [-0.25, -0.2) is 8.42 Å². The molecule has 0 radical (unpaired) electrons. The third-order valence-corrected chi connectivity index (χ3v) is 5.12. The number of sulfonamides is 1. The fourth-order valence-electron chi connectivity index (χ4n) is 2.03. The van der Waals surface area contributed by atoms with E-state index < -0.39 is 10.0 Å². The van der Waals surface area contributed by atoms with Crippen LogP contribution in [0.1, 0.15) is 36.2 Å². The summed E-state index contributed by atoms with van der Waals surface area (Å²) < 4.78 is 27.2. The highest BCUT2D eigenvalue weighted by Crippen LogP contribution is 2.17.